The summed E-state index contributed by atoms with van der Waals surface area (Å²) in [4.78, 5) is 12.1. The van der Waals surface area contributed by atoms with Crippen molar-refractivity contribution in [3.05, 3.63) is 47.5 Å². The van der Waals surface area contributed by atoms with Crippen molar-refractivity contribution in [2.24, 2.45) is 0 Å². The summed E-state index contributed by atoms with van der Waals surface area (Å²) in [5.74, 6) is 2.18. The van der Waals surface area contributed by atoms with Crippen LogP contribution in [0.5, 0.6) is 11.5 Å². The second-order valence-corrected chi connectivity index (χ2v) is 9.20. The van der Waals surface area contributed by atoms with Crippen LogP contribution in [0.2, 0.25) is 5.02 Å². The fourth-order valence-corrected chi connectivity index (χ4v) is 4.70. The van der Waals surface area contributed by atoms with Gasteiger partial charge in [0, 0.05) is 23.7 Å². The van der Waals surface area contributed by atoms with Crippen molar-refractivity contribution >= 4 is 34.4 Å². The molecule has 10 heteroatoms. The summed E-state index contributed by atoms with van der Waals surface area (Å²) in [7, 11) is 3.22. The van der Waals surface area contributed by atoms with E-state index in [1.165, 1.54) is 19.3 Å². The number of ether oxygens (including phenoxy) is 2. The van der Waals surface area contributed by atoms with E-state index in [-0.39, 0.29) is 0 Å². The summed E-state index contributed by atoms with van der Waals surface area (Å²) in [6.07, 6.45) is 3.83. The smallest absolute Gasteiger partial charge is 0.225 e. The van der Waals surface area contributed by atoms with Crippen molar-refractivity contribution in [3.8, 4) is 28.4 Å². The third-order valence-electron chi connectivity index (χ3n) is 6.46. The number of nitrogens with one attached hydrogen (secondary N) is 1. The van der Waals surface area contributed by atoms with Crippen LogP contribution in [0.25, 0.3) is 28.0 Å². The minimum Gasteiger partial charge on any atom is -0.493 e. The Morgan fingerprint density at radius 2 is 1.72 bits per heavy atom. The zero-order valence-corrected chi connectivity index (χ0v) is 21.3. The number of anilines is 2. The maximum atomic E-state index is 6.63. The number of hydrogen-bond donors (Lipinski definition) is 2. The highest BCUT2D eigenvalue weighted by atomic mass is 35.5. The first-order chi connectivity index (χ1) is 17.6. The largest absolute Gasteiger partial charge is 0.493 e. The number of halogens is 1. The predicted octanol–water partition coefficient (Wildman–Crippen LogP) is 4.63. The molecule has 0 atom stereocenters. The van der Waals surface area contributed by atoms with Crippen molar-refractivity contribution < 1.29 is 9.47 Å². The fraction of sp³-hybridized carbons (Fsp3) is 0.346. The van der Waals surface area contributed by atoms with E-state index in [0.717, 1.165) is 37.4 Å². The van der Waals surface area contributed by atoms with Gasteiger partial charge in [0.05, 0.1) is 31.0 Å². The minimum atomic E-state index is 0.442. The molecule has 3 heterocycles. The topological polar surface area (TPSA) is 103 Å². The lowest BCUT2D eigenvalue weighted by molar-refractivity contribution is 0.237. The van der Waals surface area contributed by atoms with Crippen LogP contribution in [0.15, 0.2) is 42.5 Å². The van der Waals surface area contributed by atoms with Gasteiger partial charge in [0.2, 0.25) is 5.95 Å². The maximum Gasteiger partial charge on any atom is 0.225 e. The van der Waals surface area contributed by atoms with E-state index < -0.39 is 0 Å². The minimum absolute atomic E-state index is 0.442. The van der Waals surface area contributed by atoms with Gasteiger partial charge in [-0.05, 0) is 68.4 Å². The molecule has 36 heavy (non-hydrogen) atoms. The molecule has 1 aliphatic heterocycles. The van der Waals surface area contributed by atoms with E-state index >= 15 is 0 Å². The molecule has 3 N–H and O–H groups in total. The first-order valence-electron chi connectivity index (χ1n) is 12.1. The van der Waals surface area contributed by atoms with Crippen LogP contribution in [0.1, 0.15) is 19.3 Å². The molecule has 1 aliphatic rings. The lowest BCUT2D eigenvalue weighted by Crippen LogP contribution is -2.33. The SMILES string of the molecule is COc1ccc(-c2nc(NCCN3CCCCC3)nc3nn(-c4ccc(Cl)cc4)c(N)c23)cc1OC. The van der Waals surface area contributed by atoms with Gasteiger partial charge < -0.3 is 25.4 Å². The van der Waals surface area contributed by atoms with Gasteiger partial charge in [0.15, 0.2) is 17.1 Å². The molecule has 0 radical (unpaired) electrons. The Hall–Kier alpha value is -3.56. The summed E-state index contributed by atoms with van der Waals surface area (Å²) in [5.41, 5.74) is 9.40. The molecular formula is C26H30ClN7O2. The predicted molar refractivity (Wildman–Crippen MR) is 143 cm³/mol. The second kappa shape index (κ2) is 10.6. The van der Waals surface area contributed by atoms with Gasteiger partial charge in [-0.3, -0.25) is 0 Å². The summed E-state index contributed by atoms with van der Waals surface area (Å²) < 4.78 is 12.6. The van der Waals surface area contributed by atoms with Gasteiger partial charge in [-0.25, -0.2) is 9.67 Å². The Bertz CT molecular complexity index is 1350. The van der Waals surface area contributed by atoms with Crippen LogP contribution >= 0.6 is 11.6 Å². The highest BCUT2D eigenvalue weighted by Gasteiger charge is 2.20. The third kappa shape index (κ3) is 4.89. The Kier molecular flexibility index (Phi) is 7.11. The number of piperidine rings is 1. The number of hydrogen-bond acceptors (Lipinski definition) is 8. The molecule has 0 spiro atoms. The molecule has 5 rings (SSSR count). The van der Waals surface area contributed by atoms with Gasteiger partial charge in [-0.1, -0.05) is 18.0 Å². The Morgan fingerprint density at radius 1 is 0.972 bits per heavy atom. The molecule has 1 fully saturated rings. The number of benzene rings is 2. The quantitative estimate of drug-likeness (QED) is 0.355. The zero-order valence-electron chi connectivity index (χ0n) is 20.5. The maximum absolute atomic E-state index is 6.63. The molecule has 0 saturated carbocycles. The van der Waals surface area contributed by atoms with Crippen molar-refractivity contribution in [1.29, 1.82) is 0 Å². The molecule has 2 aromatic heterocycles. The van der Waals surface area contributed by atoms with Crippen molar-refractivity contribution in [2.45, 2.75) is 19.3 Å². The molecule has 4 aromatic rings. The van der Waals surface area contributed by atoms with E-state index in [2.05, 4.69) is 10.2 Å². The van der Waals surface area contributed by atoms with E-state index in [1.54, 1.807) is 31.0 Å². The first kappa shape index (κ1) is 24.1. The number of methoxy groups -OCH3 is 2. The number of likely N-dealkylation sites (tertiary alicyclic amines) is 1. The molecule has 0 aliphatic carbocycles. The lowest BCUT2D eigenvalue weighted by atomic mass is 10.1. The monoisotopic (exact) mass is 507 g/mol. The van der Waals surface area contributed by atoms with Gasteiger partial charge in [0.1, 0.15) is 5.82 Å². The molecule has 188 valence electrons. The van der Waals surface area contributed by atoms with Crippen LogP contribution in [-0.4, -0.2) is 65.0 Å². The Morgan fingerprint density at radius 3 is 2.44 bits per heavy atom. The molecule has 0 amide bonds. The standard InChI is InChI=1S/C26H30ClN7O2/c1-35-20-11-6-17(16-21(20)36-2)23-22-24(28)34(19-9-7-18(27)8-10-19)32-25(22)31-26(30-23)29-12-15-33-13-4-3-5-14-33/h6-11,16H,3-5,12-15,28H2,1-2H3,(H,29,31,32). The second-order valence-electron chi connectivity index (χ2n) is 8.77. The molecule has 1 saturated heterocycles. The third-order valence-corrected chi connectivity index (χ3v) is 6.71. The van der Waals surface area contributed by atoms with Gasteiger partial charge in [-0.2, -0.15) is 4.98 Å². The van der Waals surface area contributed by atoms with Crippen LogP contribution in [-0.2, 0) is 0 Å². The zero-order chi connectivity index (χ0) is 25.1. The van der Waals surface area contributed by atoms with Gasteiger partial charge in [-0.15, -0.1) is 5.10 Å². The average Bonchev–Trinajstić information content (AvgIpc) is 3.25. The van der Waals surface area contributed by atoms with E-state index in [9.17, 15) is 0 Å². The van der Waals surface area contributed by atoms with Crippen LogP contribution in [0, 0.1) is 0 Å². The van der Waals surface area contributed by atoms with E-state index in [4.69, 9.17) is 41.9 Å². The Labute approximate surface area is 215 Å². The first-order valence-corrected chi connectivity index (χ1v) is 12.5. The van der Waals surface area contributed by atoms with Gasteiger partial charge >= 0.3 is 0 Å². The lowest BCUT2D eigenvalue weighted by Gasteiger charge is -2.26. The highest BCUT2D eigenvalue weighted by Crippen LogP contribution is 2.37. The summed E-state index contributed by atoms with van der Waals surface area (Å²) in [6.45, 7) is 3.96. The normalized spacial score (nSPS) is 14.2. The molecule has 9 nitrogen and oxygen atoms in total. The number of nitrogen functional groups attached to an aromatic ring is 1. The highest BCUT2D eigenvalue weighted by molar-refractivity contribution is 6.30. The summed E-state index contributed by atoms with van der Waals surface area (Å²) in [6, 6.07) is 13.0. The van der Waals surface area contributed by atoms with E-state index in [1.807, 2.05) is 30.3 Å². The number of nitrogens with zero attached hydrogens (tertiary/aromatic N) is 5. The van der Waals surface area contributed by atoms with Crippen LogP contribution in [0.4, 0.5) is 11.8 Å². The van der Waals surface area contributed by atoms with Crippen molar-refractivity contribution in [2.75, 3.05) is 51.4 Å². The number of aromatic nitrogens is 4. The summed E-state index contributed by atoms with van der Waals surface area (Å²) in [5, 5.41) is 9.42. The molecular weight excluding hydrogens is 478 g/mol. The average molecular weight is 508 g/mol. The Balaban J connectivity index is 1.56. The van der Waals surface area contributed by atoms with E-state index in [0.29, 0.717) is 45.0 Å². The number of rotatable bonds is 8. The number of fused-ring (bicyclic) bond motifs is 1. The molecule has 2 aromatic carbocycles. The molecule has 0 bridgehead atoms. The number of nitrogens with two attached hydrogens (primary N) is 1. The summed E-state index contributed by atoms with van der Waals surface area (Å²) >= 11 is 6.08. The molecule has 0 unspecified atom stereocenters. The van der Waals surface area contributed by atoms with Crippen molar-refractivity contribution in [3.63, 3.8) is 0 Å². The van der Waals surface area contributed by atoms with Crippen LogP contribution < -0.4 is 20.5 Å². The van der Waals surface area contributed by atoms with Gasteiger partial charge in [0.25, 0.3) is 0 Å². The van der Waals surface area contributed by atoms with Crippen LogP contribution in [0.3, 0.4) is 0 Å². The fourth-order valence-electron chi connectivity index (χ4n) is 4.57. The van der Waals surface area contributed by atoms with Crippen molar-refractivity contribution in [1.82, 2.24) is 24.6 Å².